The fourth-order valence-corrected chi connectivity index (χ4v) is 4.27. The van der Waals surface area contributed by atoms with E-state index in [1.165, 1.54) is 4.90 Å². The summed E-state index contributed by atoms with van der Waals surface area (Å²) in [4.78, 5) is 12.6. The maximum atomic E-state index is 11.4. The van der Waals surface area contributed by atoms with Gasteiger partial charge in [-0.25, -0.2) is 0 Å². The molecule has 108 valence electrons. The van der Waals surface area contributed by atoms with Crippen molar-refractivity contribution < 1.29 is 14.3 Å². The summed E-state index contributed by atoms with van der Waals surface area (Å²) in [5.41, 5.74) is 0.745. The zero-order valence-electron chi connectivity index (χ0n) is 11.8. The smallest absolute Gasteiger partial charge is 0.159 e. The van der Waals surface area contributed by atoms with E-state index in [1.54, 1.807) is 6.92 Å². The van der Waals surface area contributed by atoms with Crippen LogP contribution in [0, 0.1) is 0 Å². The zero-order valence-corrected chi connectivity index (χ0v) is 12.6. The third kappa shape index (κ3) is 3.08. The van der Waals surface area contributed by atoms with Crippen LogP contribution in [0.1, 0.15) is 36.5 Å². The van der Waals surface area contributed by atoms with Crippen molar-refractivity contribution in [2.75, 3.05) is 19.8 Å². The molecule has 3 nitrogen and oxygen atoms in total. The Morgan fingerprint density at radius 1 is 1.40 bits per heavy atom. The van der Waals surface area contributed by atoms with E-state index in [9.17, 15) is 4.79 Å². The summed E-state index contributed by atoms with van der Waals surface area (Å²) in [5, 5.41) is 0.549. The summed E-state index contributed by atoms with van der Waals surface area (Å²) in [6, 6.07) is 7.93. The number of benzene rings is 1. The van der Waals surface area contributed by atoms with Crippen LogP contribution in [0.2, 0.25) is 0 Å². The molecule has 2 aliphatic heterocycles. The molecule has 2 heterocycles. The van der Waals surface area contributed by atoms with E-state index < -0.39 is 0 Å². The van der Waals surface area contributed by atoms with Crippen LogP contribution >= 0.6 is 11.8 Å². The van der Waals surface area contributed by atoms with Gasteiger partial charge < -0.3 is 9.47 Å². The van der Waals surface area contributed by atoms with Gasteiger partial charge in [-0.1, -0.05) is 12.1 Å². The Morgan fingerprint density at radius 3 is 3.05 bits per heavy atom. The van der Waals surface area contributed by atoms with Gasteiger partial charge in [0.05, 0.1) is 12.2 Å². The Hall–Kier alpha value is -0.840. The van der Waals surface area contributed by atoms with Gasteiger partial charge in [-0.3, -0.25) is 4.79 Å². The lowest BCUT2D eigenvalue weighted by Gasteiger charge is -2.36. The molecule has 20 heavy (non-hydrogen) atoms. The summed E-state index contributed by atoms with van der Waals surface area (Å²) in [6.45, 7) is 3.98. The van der Waals surface area contributed by atoms with Crippen LogP contribution in [0.4, 0.5) is 0 Å². The third-order valence-corrected chi connectivity index (χ3v) is 5.32. The summed E-state index contributed by atoms with van der Waals surface area (Å²) >= 11 is 1.87. The molecule has 2 saturated heterocycles. The monoisotopic (exact) mass is 292 g/mol. The van der Waals surface area contributed by atoms with Gasteiger partial charge in [-0.05, 0) is 31.9 Å². The Labute approximate surface area is 124 Å². The van der Waals surface area contributed by atoms with Gasteiger partial charge in [0.1, 0.15) is 0 Å². The molecule has 0 saturated carbocycles. The first-order chi connectivity index (χ1) is 9.67. The Morgan fingerprint density at radius 2 is 2.30 bits per heavy atom. The molecule has 1 aromatic carbocycles. The lowest BCUT2D eigenvalue weighted by atomic mass is 9.93. The number of carbonyl (C=O) groups is 1. The number of rotatable bonds is 3. The molecule has 4 heteroatoms. The maximum absolute atomic E-state index is 11.4. The largest absolute Gasteiger partial charge is 0.378 e. The third-order valence-electron chi connectivity index (χ3n) is 4.06. The van der Waals surface area contributed by atoms with Gasteiger partial charge in [-0.15, -0.1) is 11.8 Å². The fourth-order valence-electron chi connectivity index (χ4n) is 2.93. The predicted molar refractivity (Wildman–Crippen MR) is 79.4 cm³/mol. The lowest BCUT2D eigenvalue weighted by molar-refractivity contribution is -0.0769. The van der Waals surface area contributed by atoms with E-state index in [0.29, 0.717) is 5.25 Å². The topological polar surface area (TPSA) is 35.5 Å². The standard InChI is InChI=1S/C16H20O3S/c1-12(17)13-3-2-4-14(9-13)20-15-5-7-19-16(10-15)6-8-18-11-16/h2-4,9,15H,5-8,10-11H2,1H3. The molecule has 0 aromatic heterocycles. The quantitative estimate of drug-likeness (QED) is 0.801. The highest BCUT2D eigenvalue weighted by Crippen LogP contribution is 2.40. The fraction of sp³-hybridized carbons (Fsp3) is 0.562. The van der Waals surface area contributed by atoms with E-state index in [1.807, 2.05) is 30.0 Å². The summed E-state index contributed by atoms with van der Waals surface area (Å²) < 4.78 is 11.5. The van der Waals surface area contributed by atoms with Crippen molar-refractivity contribution in [3.05, 3.63) is 29.8 Å². The van der Waals surface area contributed by atoms with E-state index in [-0.39, 0.29) is 11.4 Å². The molecule has 2 aliphatic rings. The second kappa shape index (κ2) is 5.88. The van der Waals surface area contributed by atoms with Crippen molar-refractivity contribution >= 4 is 17.5 Å². The minimum atomic E-state index is -0.0475. The second-order valence-corrected chi connectivity index (χ2v) is 7.02. The first-order valence-electron chi connectivity index (χ1n) is 7.16. The Balaban J connectivity index is 1.68. The van der Waals surface area contributed by atoms with Gasteiger partial charge >= 0.3 is 0 Å². The van der Waals surface area contributed by atoms with Gasteiger partial charge in [0.25, 0.3) is 0 Å². The number of hydrogen-bond donors (Lipinski definition) is 0. The molecule has 0 amide bonds. The van der Waals surface area contributed by atoms with Crippen molar-refractivity contribution in [3.63, 3.8) is 0 Å². The van der Waals surface area contributed by atoms with E-state index >= 15 is 0 Å². The van der Waals surface area contributed by atoms with Gasteiger partial charge in [0.2, 0.25) is 0 Å². The van der Waals surface area contributed by atoms with E-state index in [2.05, 4.69) is 6.07 Å². The Bertz CT molecular complexity index is 494. The SMILES string of the molecule is CC(=O)c1cccc(SC2CCOC3(CCOC3)C2)c1. The van der Waals surface area contributed by atoms with Crippen molar-refractivity contribution in [1.29, 1.82) is 0 Å². The van der Waals surface area contributed by atoms with Gasteiger partial charge in [-0.2, -0.15) is 0 Å². The highest BCUT2D eigenvalue weighted by Gasteiger charge is 2.41. The first kappa shape index (κ1) is 14.1. The number of thioether (sulfide) groups is 1. The minimum absolute atomic E-state index is 0.0475. The molecule has 0 radical (unpaired) electrons. The van der Waals surface area contributed by atoms with Gasteiger partial charge in [0, 0.05) is 35.3 Å². The number of Topliss-reactive ketones (excluding diaryl/α,β-unsaturated/α-hetero) is 1. The minimum Gasteiger partial charge on any atom is -0.378 e. The summed E-state index contributed by atoms with van der Waals surface area (Å²) in [6.07, 6.45) is 3.12. The molecule has 0 aliphatic carbocycles. The van der Waals surface area contributed by atoms with Crippen LogP contribution in [-0.4, -0.2) is 36.5 Å². The van der Waals surface area contributed by atoms with Crippen LogP contribution in [0.5, 0.6) is 0 Å². The maximum Gasteiger partial charge on any atom is 0.159 e. The number of ether oxygens (including phenoxy) is 2. The molecule has 1 spiro atoms. The van der Waals surface area contributed by atoms with E-state index in [0.717, 1.165) is 44.6 Å². The molecule has 2 fully saturated rings. The summed E-state index contributed by atoms with van der Waals surface area (Å²) in [7, 11) is 0. The molecule has 2 atom stereocenters. The van der Waals surface area contributed by atoms with Gasteiger partial charge in [0.15, 0.2) is 5.78 Å². The number of ketones is 1. The van der Waals surface area contributed by atoms with Crippen LogP contribution in [0.15, 0.2) is 29.2 Å². The normalized spacial score (nSPS) is 29.8. The summed E-state index contributed by atoms with van der Waals surface area (Å²) in [5.74, 6) is 0.125. The average Bonchev–Trinajstić information content (AvgIpc) is 2.87. The molecular weight excluding hydrogens is 272 g/mol. The Kier molecular flexibility index (Phi) is 4.15. The molecule has 0 N–H and O–H groups in total. The highest BCUT2D eigenvalue weighted by atomic mass is 32.2. The van der Waals surface area contributed by atoms with Crippen LogP contribution < -0.4 is 0 Å². The average molecular weight is 292 g/mol. The molecular formula is C16H20O3S. The molecule has 0 bridgehead atoms. The van der Waals surface area contributed by atoms with E-state index in [4.69, 9.17) is 9.47 Å². The molecule has 2 unspecified atom stereocenters. The van der Waals surface area contributed by atoms with Crippen molar-refractivity contribution in [3.8, 4) is 0 Å². The second-order valence-electron chi connectivity index (χ2n) is 5.65. The lowest BCUT2D eigenvalue weighted by Crippen LogP contribution is -2.41. The highest BCUT2D eigenvalue weighted by molar-refractivity contribution is 8.00. The van der Waals surface area contributed by atoms with Crippen molar-refractivity contribution in [1.82, 2.24) is 0 Å². The first-order valence-corrected chi connectivity index (χ1v) is 8.04. The van der Waals surface area contributed by atoms with Crippen molar-refractivity contribution in [2.24, 2.45) is 0 Å². The number of hydrogen-bond acceptors (Lipinski definition) is 4. The van der Waals surface area contributed by atoms with Crippen LogP contribution in [0.25, 0.3) is 0 Å². The molecule has 1 aromatic rings. The van der Waals surface area contributed by atoms with Crippen molar-refractivity contribution in [2.45, 2.75) is 41.9 Å². The predicted octanol–water partition coefficient (Wildman–Crippen LogP) is 3.32. The van der Waals surface area contributed by atoms with Crippen LogP contribution in [-0.2, 0) is 9.47 Å². The molecule has 3 rings (SSSR count). The van der Waals surface area contributed by atoms with Crippen LogP contribution in [0.3, 0.4) is 0 Å². The number of carbonyl (C=O) groups excluding carboxylic acids is 1. The zero-order chi connectivity index (χ0) is 14.0.